The van der Waals surface area contributed by atoms with Gasteiger partial charge in [-0.1, -0.05) is 53.1 Å². The van der Waals surface area contributed by atoms with Gasteiger partial charge in [-0.3, -0.25) is 0 Å². The fourth-order valence-electron chi connectivity index (χ4n) is 2.51. The van der Waals surface area contributed by atoms with Crippen molar-refractivity contribution in [3.63, 3.8) is 0 Å². The van der Waals surface area contributed by atoms with Crippen LogP contribution in [-0.4, -0.2) is 5.33 Å². The summed E-state index contributed by atoms with van der Waals surface area (Å²) < 4.78 is 0. The van der Waals surface area contributed by atoms with Crippen LogP contribution in [0.5, 0.6) is 0 Å². The lowest BCUT2D eigenvalue weighted by molar-refractivity contribution is 0.361. The predicted octanol–water partition coefficient (Wildman–Crippen LogP) is 5.24. The third-order valence-corrected chi connectivity index (χ3v) is 3.91. The monoisotopic (exact) mass is 270 g/mol. The fraction of sp³-hybridized carbons (Fsp3) is 0.714. The molecule has 0 atom stereocenters. The lowest BCUT2D eigenvalue weighted by Crippen LogP contribution is -2.19. The van der Waals surface area contributed by atoms with Gasteiger partial charge in [0.1, 0.15) is 0 Å². The van der Waals surface area contributed by atoms with Gasteiger partial charge in [0.15, 0.2) is 0 Å². The van der Waals surface area contributed by atoms with Crippen LogP contribution in [0, 0.1) is 5.41 Å². The minimum atomic E-state index is 0.432. The van der Waals surface area contributed by atoms with E-state index in [1.54, 1.807) is 11.1 Å². The van der Waals surface area contributed by atoms with E-state index in [9.17, 15) is 0 Å². The van der Waals surface area contributed by atoms with Crippen LogP contribution < -0.4 is 0 Å². The highest BCUT2D eigenvalue weighted by molar-refractivity contribution is 9.09. The summed E-state index contributed by atoms with van der Waals surface area (Å²) in [7, 11) is 0. The number of hydrogen-bond acceptors (Lipinski definition) is 0. The molecule has 1 heteroatoms. The van der Waals surface area contributed by atoms with Crippen LogP contribution in [0.15, 0.2) is 23.3 Å². The van der Waals surface area contributed by atoms with Gasteiger partial charge in [-0.15, -0.1) is 0 Å². The van der Waals surface area contributed by atoms with Crippen LogP contribution in [0.4, 0.5) is 0 Å². The maximum absolute atomic E-state index is 3.45. The van der Waals surface area contributed by atoms with Crippen molar-refractivity contribution in [1.29, 1.82) is 0 Å². The first-order chi connectivity index (χ1) is 7.08. The minimum Gasteiger partial charge on any atom is -0.0925 e. The van der Waals surface area contributed by atoms with Crippen molar-refractivity contribution in [1.82, 2.24) is 0 Å². The van der Waals surface area contributed by atoms with Gasteiger partial charge >= 0.3 is 0 Å². The third-order valence-electron chi connectivity index (χ3n) is 3.45. The molecule has 0 radical (unpaired) electrons. The Kier molecular flexibility index (Phi) is 5.11. The number of hydrogen-bond donors (Lipinski definition) is 0. The van der Waals surface area contributed by atoms with Crippen molar-refractivity contribution in [2.45, 2.75) is 52.9 Å². The van der Waals surface area contributed by atoms with Crippen molar-refractivity contribution in [2.24, 2.45) is 5.41 Å². The molecule has 86 valence electrons. The molecule has 1 rings (SSSR count). The second-order valence-electron chi connectivity index (χ2n) is 5.15. The number of alkyl halides is 1. The quantitative estimate of drug-likeness (QED) is 0.484. The van der Waals surface area contributed by atoms with Crippen molar-refractivity contribution < 1.29 is 0 Å². The summed E-state index contributed by atoms with van der Waals surface area (Å²) in [6, 6.07) is 0. The first kappa shape index (κ1) is 13.0. The Balaban J connectivity index is 2.64. The Hall–Kier alpha value is -0.0400. The molecule has 0 aromatic rings. The van der Waals surface area contributed by atoms with E-state index in [1.165, 1.54) is 19.3 Å². The number of halogens is 1. The van der Waals surface area contributed by atoms with E-state index in [4.69, 9.17) is 0 Å². The summed E-state index contributed by atoms with van der Waals surface area (Å²) in [6.07, 6.45) is 11.0. The van der Waals surface area contributed by atoms with Crippen LogP contribution in [-0.2, 0) is 0 Å². The topological polar surface area (TPSA) is 0 Å². The van der Waals surface area contributed by atoms with E-state index in [1.807, 2.05) is 0 Å². The first-order valence-corrected chi connectivity index (χ1v) is 7.10. The molecule has 1 aliphatic carbocycles. The zero-order chi connectivity index (χ0) is 11.3. The van der Waals surface area contributed by atoms with Crippen LogP contribution in [0.3, 0.4) is 0 Å². The molecule has 15 heavy (non-hydrogen) atoms. The highest BCUT2D eigenvalue weighted by atomic mass is 79.9. The fourth-order valence-corrected chi connectivity index (χ4v) is 2.77. The smallest absolute Gasteiger partial charge is 0.00659 e. The molecule has 0 saturated heterocycles. The molecule has 0 saturated carbocycles. The lowest BCUT2D eigenvalue weighted by Gasteiger charge is -2.34. The summed E-state index contributed by atoms with van der Waals surface area (Å²) in [5.41, 5.74) is 3.75. The molecule has 0 aromatic heterocycles. The largest absolute Gasteiger partial charge is 0.0925 e. The molecule has 1 aliphatic rings. The molecule has 0 spiro atoms. The summed E-state index contributed by atoms with van der Waals surface area (Å²) in [6.45, 7) is 7.10. The van der Waals surface area contributed by atoms with Gasteiger partial charge in [-0.05, 0) is 44.4 Å². The van der Waals surface area contributed by atoms with Crippen molar-refractivity contribution in [3.05, 3.63) is 23.3 Å². The molecule has 0 N–H and O–H groups in total. The molecule has 0 nitrogen and oxygen atoms in total. The standard InChI is InChI=1S/C14H23Br/c1-12-8-7-10-14(2,3)13(12)9-5-4-6-11-15/h4-5H,6-11H2,1-3H3. The van der Waals surface area contributed by atoms with Crippen LogP contribution in [0.25, 0.3) is 0 Å². The second kappa shape index (κ2) is 5.89. The van der Waals surface area contributed by atoms with E-state index in [2.05, 4.69) is 48.9 Å². The van der Waals surface area contributed by atoms with Gasteiger partial charge in [-0.2, -0.15) is 0 Å². The van der Waals surface area contributed by atoms with Gasteiger partial charge in [0.25, 0.3) is 0 Å². The van der Waals surface area contributed by atoms with Gasteiger partial charge in [0.2, 0.25) is 0 Å². The van der Waals surface area contributed by atoms with Gasteiger partial charge in [0.05, 0.1) is 0 Å². The zero-order valence-electron chi connectivity index (χ0n) is 10.3. The Morgan fingerprint density at radius 2 is 2.07 bits per heavy atom. The molecule has 0 unspecified atom stereocenters. The van der Waals surface area contributed by atoms with E-state index < -0.39 is 0 Å². The number of rotatable bonds is 4. The van der Waals surface area contributed by atoms with Crippen LogP contribution in [0.1, 0.15) is 52.9 Å². The summed E-state index contributed by atoms with van der Waals surface area (Å²) in [4.78, 5) is 0. The first-order valence-electron chi connectivity index (χ1n) is 5.98. The maximum Gasteiger partial charge on any atom is 0.00659 e. The Morgan fingerprint density at radius 1 is 1.33 bits per heavy atom. The highest BCUT2D eigenvalue weighted by Crippen LogP contribution is 2.41. The molecular weight excluding hydrogens is 248 g/mol. The molecule has 0 aliphatic heterocycles. The van der Waals surface area contributed by atoms with E-state index in [0.29, 0.717) is 5.41 Å². The van der Waals surface area contributed by atoms with Crippen LogP contribution in [0.2, 0.25) is 0 Å². The van der Waals surface area contributed by atoms with Gasteiger partial charge < -0.3 is 0 Å². The van der Waals surface area contributed by atoms with Crippen molar-refractivity contribution in [3.8, 4) is 0 Å². The van der Waals surface area contributed by atoms with Crippen LogP contribution >= 0.6 is 15.9 Å². The second-order valence-corrected chi connectivity index (χ2v) is 5.94. The maximum atomic E-state index is 3.45. The highest BCUT2D eigenvalue weighted by Gasteiger charge is 2.26. The predicted molar refractivity (Wildman–Crippen MR) is 72.5 cm³/mol. The molecule has 0 heterocycles. The number of allylic oxidation sites excluding steroid dienone is 4. The Morgan fingerprint density at radius 3 is 2.67 bits per heavy atom. The average Bonchev–Trinajstić information content (AvgIpc) is 2.15. The Labute approximate surface area is 103 Å². The summed E-state index contributed by atoms with van der Waals surface area (Å²) in [5.74, 6) is 0. The molecule has 0 aromatic carbocycles. The van der Waals surface area contributed by atoms with Gasteiger partial charge in [0, 0.05) is 5.33 Å². The SMILES string of the molecule is CC1=C(CC=CCCBr)C(C)(C)CCC1. The minimum absolute atomic E-state index is 0.432. The van der Waals surface area contributed by atoms with E-state index in [0.717, 1.165) is 18.2 Å². The molecule has 0 amide bonds. The van der Waals surface area contributed by atoms with E-state index in [-0.39, 0.29) is 0 Å². The summed E-state index contributed by atoms with van der Waals surface area (Å²) >= 11 is 3.45. The zero-order valence-corrected chi connectivity index (χ0v) is 11.9. The molecule has 0 fully saturated rings. The van der Waals surface area contributed by atoms with Gasteiger partial charge in [-0.25, -0.2) is 0 Å². The van der Waals surface area contributed by atoms with Crippen molar-refractivity contribution >= 4 is 15.9 Å². The Bertz CT molecular complexity index is 259. The average molecular weight is 271 g/mol. The molecule has 0 bridgehead atoms. The molecular formula is C14H23Br. The summed E-state index contributed by atoms with van der Waals surface area (Å²) in [5, 5.41) is 1.07. The lowest BCUT2D eigenvalue weighted by atomic mass is 9.71. The normalized spacial score (nSPS) is 21.3. The van der Waals surface area contributed by atoms with Crippen molar-refractivity contribution in [2.75, 3.05) is 5.33 Å². The van der Waals surface area contributed by atoms with E-state index >= 15 is 0 Å². The third kappa shape index (κ3) is 3.79.